The minimum Gasteiger partial charge on any atom is -0.278 e. The van der Waals surface area contributed by atoms with Crippen LogP contribution in [0.15, 0.2) is 40.3 Å². The normalized spacial score (nSPS) is 12.6. The number of aromatic nitrogens is 4. The fourth-order valence-electron chi connectivity index (χ4n) is 2.33. The van der Waals surface area contributed by atoms with Crippen molar-refractivity contribution in [3.8, 4) is 0 Å². The van der Waals surface area contributed by atoms with Crippen molar-refractivity contribution >= 4 is 27.1 Å². The molecular formula is C15H17N7O2S. The third-order valence-corrected chi connectivity index (χ3v) is 4.53. The van der Waals surface area contributed by atoms with Crippen LogP contribution in [0.4, 0.5) is 5.69 Å². The van der Waals surface area contributed by atoms with Crippen molar-refractivity contribution < 1.29 is 8.42 Å². The van der Waals surface area contributed by atoms with Crippen molar-refractivity contribution in [3.05, 3.63) is 47.4 Å². The third kappa shape index (κ3) is 3.49. The number of primary sulfonamides is 1. The van der Waals surface area contributed by atoms with Crippen LogP contribution in [0.3, 0.4) is 0 Å². The van der Waals surface area contributed by atoms with E-state index in [0.717, 1.165) is 11.4 Å². The van der Waals surface area contributed by atoms with Crippen molar-refractivity contribution in [3.63, 3.8) is 0 Å². The van der Waals surface area contributed by atoms with Crippen LogP contribution in [-0.4, -0.2) is 33.9 Å². The molecule has 0 aliphatic rings. The molecular weight excluding hydrogens is 342 g/mol. The SMILES string of the molecule is CC(=NNc1ccc(S(N)(=O)=O)cc1)c1nnc2cc(C)nn2c1C. The van der Waals surface area contributed by atoms with E-state index in [4.69, 9.17) is 5.14 Å². The Kier molecular flexibility index (Phi) is 4.23. The van der Waals surface area contributed by atoms with Crippen molar-refractivity contribution in [1.29, 1.82) is 0 Å². The highest BCUT2D eigenvalue weighted by molar-refractivity contribution is 7.89. The monoisotopic (exact) mass is 359 g/mol. The van der Waals surface area contributed by atoms with Gasteiger partial charge in [0.25, 0.3) is 0 Å². The van der Waals surface area contributed by atoms with Crippen molar-refractivity contribution in [1.82, 2.24) is 19.8 Å². The first-order valence-electron chi connectivity index (χ1n) is 7.39. The van der Waals surface area contributed by atoms with Crippen LogP contribution < -0.4 is 10.6 Å². The summed E-state index contributed by atoms with van der Waals surface area (Å²) >= 11 is 0. The van der Waals surface area contributed by atoms with Crippen LogP contribution in [0, 0.1) is 13.8 Å². The van der Waals surface area contributed by atoms with Crippen molar-refractivity contribution in [2.45, 2.75) is 25.7 Å². The molecule has 9 nitrogen and oxygen atoms in total. The maximum Gasteiger partial charge on any atom is 0.238 e. The molecule has 10 heteroatoms. The Morgan fingerprint density at radius 1 is 1.20 bits per heavy atom. The molecule has 0 atom stereocenters. The highest BCUT2D eigenvalue weighted by atomic mass is 32.2. The molecule has 0 saturated carbocycles. The number of benzene rings is 1. The lowest BCUT2D eigenvalue weighted by Gasteiger charge is -2.07. The van der Waals surface area contributed by atoms with Gasteiger partial charge in [-0.05, 0) is 45.0 Å². The second kappa shape index (κ2) is 6.22. The van der Waals surface area contributed by atoms with Crippen molar-refractivity contribution in [2.24, 2.45) is 10.2 Å². The zero-order valence-corrected chi connectivity index (χ0v) is 14.7. The van der Waals surface area contributed by atoms with E-state index in [9.17, 15) is 8.42 Å². The molecule has 3 rings (SSSR count). The van der Waals surface area contributed by atoms with Crippen LogP contribution in [0.25, 0.3) is 5.65 Å². The predicted octanol–water partition coefficient (Wildman–Crippen LogP) is 1.22. The van der Waals surface area contributed by atoms with Gasteiger partial charge in [0.2, 0.25) is 10.0 Å². The van der Waals surface area contributed by atoms with Crippen LogP contribution in [0.5, 0.6) is 0 Å². The predicted molar refractivity (Wildman–Crippen MR) is 93.9 cm³/mol. The maximum absolute atomic E-state index is 11.2. The Bertz CT molecular complexity index is 1070. The largest absolute Gasteiger partial charge is 0.278 e. The average Bonchev–Trinajstić information content (AvgIpc) is 2.94. The van der Waals surface area contributed by atoms with Gasteiger partial charge in [-0.25, -0.2) is 18.1 Å². The van der Waals surface area contributed by atoms with Crippen molar-refractivity contribution in [2.75, 3.05) is 5.43 Å². The van der Waals surface area contributed by atoms with E-state index in [0.29, 0.717) is 22.7 Å². The van der Waals surface area contributed by atoms with Gasteiger partial charge in [-0.15, -0.1) is 10.2 Å². The summed E-state index contributed by atoms with van der Waals surface area (Å²) in [4.78, 5) is 0.0416. The van der Waals surface area contributed by atoms with Gasteiger partial charge in [0.1, 0.15) is 5.69 Å². The first-order valence-corrected chi connectivity index (χ1v) is 8.93. The van der Waals surface area contributed by atoms with Gasteiger partial charge < -0.3 is 0 Å². The highest BCUT2D eigenvalue weighted by Gasteiger charge is 2.11. The summed E-state index contributed by atoms with van der Waals surface area (Å²) in [5, 5.41) is 22.1. The molecule has 0 fully saturated rings. The molecule has 2 heterocycles. The molecule has 3 aromatic rings. The highest BCUT2D eigenvalue weighted by Crippen LogP contribution is 2.14. The number of sulfonamides is 1. The Morgan fingerprint density at radius 2 is 1.88 bits per heavy atom. The number of nitrogens with zero attached hydrogens (tertiary/aromatic N) is 5. The first kappa shape index (κ1) is 17.0. The number of aryl methyl sites for hydroxylation is 2. The van der Waals surface area contributed by atoms with E-state index in [-0.39, 0.29) is 4.90 Å². The zero-order valence-electron chi connectivity index (χ0n) is 13.9. The molecule has 0 amide bonds. The van der Waals surface area contributed by atoms with Gasteiger partial charge in [-0.3, -0.25) is 5.43 Å². The molecule has 1 aromatic carbocycles. The number of nitrogens with two attached hydrogens (primary N) is 1. The van der Waals surface area contributed by atoms with Gasteiger partial charge in [0.05, 0.1) is 27.7 Å². The smallest absolute Gasteiger partial charge is 0.238 e. The van der Waals surface area contributed by atoms with Crippen LogP contribution >= 0.6 is 0 Å². The number of hydrazone groups is 1. The number of nitrogens with one attached hydrogen (secondary N) is 1. The second-order valence-corrected chi connectivity index (χ2v) is 7.13. The number of anilines is 1. The van der Waals surface area contributed by atoms with Crippen LogP contribution in [0.2, 0.25) is 0 Å². The quantitative estimate of drug-likeness (QED) is 0.532. The molecule has 130 valence electrons. The average molecular weight is 359 g/mol. The van der Waals surface area contributed by atoms with Gasteiger partial charge in [0, 0.05) is 6.07 Å². The van der Waals surface area contributed by atoms with Crippen LogP contribution in [0.1, 0.15) is 24.0 Å². The minimum atomic E-state index is -3.71. The summed E-state index contributed by atoms with van der Waals surface area (Å²) < 4.78 is 24.2. The van der Waals surface area contributed by atoms with Gasteiger partial charge in [-0.2, -0.15) is 10.2 Å². The molecule has 0 aliphatic heterocycles. The number of rotatable bonds is 4. The Hall–Kier alpha value is -2.85. The first-order chi connectivity index (χ1) is 11.8. The van der Waals surface area contributed by atoms with E-state index >= 15 is 0 Å². The Balaban J connectivity index is 1.85. The number of hydrogen-bond donors (Lipinski definition) is 2. The maximum atomic E-state index is 11.2. The summed E-state index contributed by atoms with van der Waals surface area (Å²) in [6.07, 6.45) is 0. The molecule has 0 radical (unpaired) electrons. The summed E-state index contributed by atoms with van der Waals surface area (Å²) in [5.41, 5.74) is 7.07. The summed E-state index contributed by atoms with van der Waals surface area (Å²) in [6, 6.07) is 7.82. The van der Waals surface area contributed by atoms with E-state index in [1.165, 1.54) is 12.1 Å². The molecule has 0 bridgehead atoms. The van der Waals surface area contributed by atoms with E-state index in [1.54, 1.807) is 23.6 Å². The molecule has 0 unspecified atom stereocenters. The van der Waals surface area contributed by atoms with Gasteiger partial charge >= 0.3 is 0 Å². The fourth-order valence-corrected chi connectivity index (χ4v) is 2.85. The summed E-state index contributed by atoms with van der Waals surface area (Å²) in [7, 11) is -3.71. The molecule has 0 spiro atoms. The summed E-state index contributed by atoms with van der Waals surface area (Å²) in [5.74, 6) is 0. The third-order valence-electron chi connectivity index (χ3n) is 3.60. The second-order valence-electron chi connectivity index (χ2n) is 5.57. The number of hydrogen-bond acceptors (Lipinski definition) is 7. The summed E-state index contributed by atoms with van der Waals surface area (Å²) in [6.45, 7) is 5.58. The minimum absolute atomic E-state index is 0.0416. The zero-order chi connectivity index (χ0) is 18.2. The van der Waals surface area contributed by atoms with E-state index in [2.05, 4.69) is 25.8 Å². The fraction of sp³-hybridized carbons (Fsp3) is 0.200. The molecule has 3 N–H and O–H groups in total. The Morgan fingerprint density at radius 3 is 2.52 bits per heavy atom. The van der Waals surface area contributed by atoms with Gasteiger partial charge in [0.15, 0.2) is 5.65 Å². The molecule has 0 saturated heterocycles. The van der Waals surface area contributed by atoms with E-state index in [1.807, 2.05) is 19.9 Å². The molecule has 25 heavy (non-hydrogen) atoms. The molecule has 2 aromatic heterocycles. The Labute approximate surface area is 144 Å². The lowest BCUT2D eigenvalue weighted by Crippen LogP contribution is -2.12. The topological polar surface area (TPSA) is 128 Å². The lowest BCUT2D eigenvalue weighted by molar-refractivity contribution is 0.598. The number of fused-ring (bicyclic) bond motifs is 1. The lowest BCUT2D eigenvalue weighted by atomic mass is 10.2. The van der Waals surface area contributed by atoms with Gasteiger partial charge in [-0.1, -0.05) is 0 Å². The molecule has 0 aliphatic carbocycles. The standard InChI is InChI=1S/C15H17N7O2S/c1-9-8-14-19-20-15(11(3)22(14)21-9)10(2)17-18-12-4-6-13(7-5-12)25(16,23)24/h4-8,18H,1-3H3,(H2,16,23,24). The van der Waals surface area contributed by atoms with E-state index < -0.39 is 10.0 Å². The van der Waals surface area contributed by atoms with Crippen LogP contribution in [-0.2, 0) is 10.0 Å².